The maximum Gasteiger partial charge on any atom is 0.0456 e. The van der Waals surface area contributed by atoms with Crippen molar-refractivity contribution in [2.45, 2.75) is 32.2 Å². The van der Waals surface area contributed by atoms with Crippen LogP contribution in [0, 0.1) is 0 Å². The molecule has 0 spiro atoms. The molecule has 0 saturated heterocycles. The van der Waals surface area contributed by atoms with E-state index in [1.165, 1.54) is 16.5 Å². The number of hydrogen-bond donors (Lipinski definition) is 2. The van der Waals surface area contributed by atoms with Crippen molar-refractivity contribution in [3.8, 4) is 0 Å². The van der Waals surface area contributed by atoms with Gasteiger partial charge in [0.15, 0.2) is 0 Å². The molecule has 2 rings (SSSR count). The molecule has 2 nitrogen and oxygen atoms in total. The second-order valence-electron chi connectivity index (χ2n) is 4.84. The van der Waals surface area contributed by atoms with Gasteiger partial charge in [-0.1, -0.05) is 12.1 Å². The number of benzene rings is 1. The molecular weight excluding hydrogens is 184 g/mol. The van der Waals surface area contributed by atoms with Gasteiger partial charge in [0.05, 0.1) is 0 Å². The number of hydrogen-bond acceptors (Lipinski definition) is 1. The van der Waals surface area contributed by atoms with E-state index in [2.05, 4.69) is 43.1 Å². The summed E-state index contributed by atoms with van der Waals surface area (Å²) in [4.78, 5) is 3.23. The van der Waals surface area contributed by atoms with Crippen LogP contribution in [-0.4, -0.2) is 10.5 Å². The minimum atomic E-state index is -0.0848. The Kier molecular flexibility index (Phi) is 2.53. The van der Waals surface area contributed by atoms with Crippen molar-refractivity contribution >= 4 is 10.9 Å². The topological polar surface area (TPSA) is 41.8 Å². The Morgan fingerprint density at radius 2 is 2.07 bits per heavy atom. The molecule has 0 fully saturated rings. The highest BCUT2D eigenvalue weighted by molar-refractivity contribution is 5.82. The molecule has 15 heavy (non-hydrogen) atoms. The number of nitrogens with one attached hydrogen (secondary N) is 1. The molecule has 0 unspecified atom stereocenters. The summed E-state index contributed by atoms with van der Waals surface area (Å²) in [6, 6.07) is 8.51. The zero-order valence-corrected chi connectivity index (χ0v) is 9.38. The fourth-order valence-electron chi connectivity index (χ4n) is 1.83. The van der Waals surface area contributed by atoms with Crippen molar-refractivity contribution in [3.05, 3.63) is 36.0 Å². The third-order valence-electron chi connectivity index (χ3n) is 2.72. The molecule has 3 N–H and O–H groups in total. The normalized spacial score (nSPS) is 12.2. The van der Waals surface area contributed by atoms with Crippen molar-refractivity contribution in [2.75, 3.05) is 0 Å². The molecule has 0 saturated carbocycles. The van der Waals surface area contributed by atoms with Crippen LogP contribution in [0.1, 0.15) is 25.8 Å². The van der Waals surface area contributed by atoms with Crippen LogP contribution in [0.25, 0.3) is 10.9 Å². The number of nitrogens with two attached hydrogens (primary N) is 1. The van der Waals surface area contributed by atoms with Gasteiger partial charge in [0.1, 0.15) is 0 Å². The Labute approximate surface area is 90.5 Å². The summed E-state index contributed by atoms with van der Waals surface area (Å²) in [5, 5.41) is 1.32. The zero-order valence-electron chi connectivity index (χ0n) is 9.38. The maximum absolute atomic E-state index is 5.99. The van der Waals surface area contributed by atoms with E-state index in [-0.39, 0.29) is 5.54 Å². The summed E-state index contributed by atoms with van der Waals surface area (Å²) < 4.78 is 0. The SMILES string of the molecule is CC(C)(N)CCc1cccc2[nH]ccc12. The van der Waals surface area contributed by atoms with E-state index in [4.69, 9.17) is 5.73 Å². The summed E-state index contributed by atoms with van der Waals surface area (Å²) in [6.07, 6.45) is 4.04. The quantitative estimate of drug-likeness (QED) is 0.789. The lowest BCUT2D eigenvalue weighted by molar-refractivity contribution is 0.477. The molecule has 2 aromatic rings. The first-order chi connectivity index (χ1) is 7.06. The van der Waals surface area contributed by atoms with Crippen LogP contribution >= 0.6 is 0 Å². The average Bonchev–Trinajstić information content (AvgIpc) is 2.61. The van der Waals surface area contributed by atoms with Gasteiger partial charge in [-0.2, -0.15) is 0 Å². The molecule has 0 bridgehead atoms. The van der Waals surface area contributed by atoms with E-state index in [0.717, 1.165) is 12.8 Å². The molecule has 0 atom stereocenters. The highest BCUT2D eigenvalue weighted by Gasteiger charge is 2.11. The largest absolute Gasteiger partial charge is 0.361 e. The lowest BCUT2D eigenvalue weighted by Gasteiger charge is -2.18. The predicted octanol–water partition coefficient (Wildman–Crippen LogP) is 2.84. The molecule has 1 heterocycles. The summed E-state index contributed by atoms with van der Waals surface area (Å²) in [5.41, 5.74) is 8.50. The second-order valence-corrected chi connectivity index (χ2v) is 4.84. The van der Waals surface area contributed by atoms with Crippen molar-refractivity contribution in [2.24, 2.45) is 5.73 Å². The van der Waals surface area contributed by atoms with E-state index in [9.17, 15) is 0 Å². The fourth-order valence-corrected chi connectivity index (χ4v) is 1.83. The summed E-state index contributed by atoms with van der Waals surface area (Å²) in [5.74, 6) is 0. The van der Waals surface area contributed by atoms with Gasteiger partial charge in [0.25, 0.3) is 0 Å². The molecule has 0 aliphatic heterocycles. The third kappa shape index (κ3) is 2.39. The average molecular weight is 202 g/mol. The summed E-state index contributed by atoms with van der Waals surface area (Å²) in [6.45, 7) is 4.15. The number of fused-ring (bicyclic) bond motifs is 1. The van der Waals surface area contributed by atoms with Crippen LogP contribution < -0.4 is 5.73 Å². The van der Waals surface area contributed by atoms with Crippen molar-refractivity contribution in [3.63, 3.8) is 0 Å². The Bertz CT molecular complexity index is 449. The van der Waals surface area contributed by atoms with E-state index >= 15 is 0 Å². The molecule has 0 radical (unpaired) electrons. The van der Waals surface area contributed by atoms with E-state index in [1.54, 1.807) is 0 Å². The van der Waals surface area contributed by atoms with Crippen molar-refractivity contribution < 1.29 is 0 Å². The predicted molar refractivity (Wildman–Crippen MR) is 64.9 cm³/mol. The minimum Gasteiger partial charge on any atom is -0.361 e. The van der Waals surface area contributed by atoms with Gasteiger partial charge >= 0.3 is 0 Å². The Morgan fingerprint density at radius 3 is 2.80 bits per heavy atom. The second kappa shape index (κ2) is 3.70. The van der Waals surface area contributed by atoms with Crippen LogP contribution in [0.4, 0.5) is 0 Å². The fraction of sp³-hybridized carbons (Fsp3) is 0.385. The first-order valence-corrected chi connectivity index (χ1v) is 5.40. The Balaban J connectivity index is 2.24. The van der Waals surface area contributed by atoms with Crippen molar-refractivity contribution in [1.29, 1.82) is 0 Å². The minimum absolute atomic E-state index is 0.0848. The van der Waals surface area contributed by atoms with Crippen LogP contribution in [0.3, 0.4) is 0 Å². The molecule has 80 valence electrons. The van der Waals surface area contributed by atoms with E-state index in [0.29, 0.717) is 0 Å². The van der Waals surface area contributed by atoms with Gasteiger partial charge in [-0.25, -0.2) is 0 Å². The standard InChI is InChI=1S/C13H18N2/c1-13(2,14)8-6-10-4-3-5-12-11(10)7-9-15-12/h3-5,7,9,15H,6,8,14H2,1-2H3. The van der Waals surface area contributed by atoms with Crippen LogP contribution in [0.5, 0.6) is 0 Å². The monoisotopic (exact) mass is 202 g/mol. The van der Waals surface area contributed by atoms with Crippen LogP contribution in [0.15, 0.2) is 30.5 Å². The van der Waals surface area contributed by atoms with Gasteiger partial charge in [-0.15, -0.1) is 0 Å². The zero-order chi connectivity index (χ0) is 10.9. The third-order valence-corrected chi connectivity index (χ3v) is 2.72. The Morgan fingerprint density at radius 1 is 1.27 bits per heavy atom. The number of aryl methyl sites for hydroxylation is 1. The molecular formula is C13H18N2. The summed E-state index contributed by atoms with van der Waals surface area (Å²) >= 11 is 0. The van der Waals surface area contributed by atoms with E-state index < -0.39 is 0 Å². The Hall–Kier alpha value is -1.28. The molecule has 1 aromatic carbocycles. The molecule has 2 heteroatoms. The van der Waals surface area contributed by atoms with Gasteiger partial charge in [-0.3, -0.25) is 0 Å². The first kappa shape index (κ1) is 10.2. The van der Waals surface area contributed by atoms with Gasteiger partial charge in [-0.05, 0) is 44.4 Å². The number of rotatable bonds is 3. The van der Waals surface area contributed by atoms with Crippen molar-refractivity contribution in [1.82, 2.24) is 4.98 Å². The van der Waals surface area contributed by atoms with Gasteiger partial charge < -0.3 is 10.7 Å². The van der Waals surface area contributed by atoms with E-state index in [1.807, 2.05) is 6.20 Å². The number of H-pyrrole nitrogens is 1. The lowest BCUT2D eigenvalue weighted by atomic mass is 9.95. The summed E-state index contributed by atoms with van der Waals surface area (Å²) in [7, 11) is 0. The maximum atomic E-state index is 5.99. The smallest absolute Gasteiger partial charge is 0.0456 e. The molecule has 0 amide bonds. The van der Waals surface area contributed by atoms with Gasteiger partial charge in [0, 0.05) is 22.6 Å². The highest BCUT2D eigenvalue weighted by Crippen LogP contribution is 2.20. The molecule has 1 aromatic heterocycles. The number of aromatic nitrogens is 1. The molecule has 0 aliphatic carbocycles. The molecule has 0 aliphatic rings. The van der Waals surface area contributed by atoms with Crippen LogP contribution in [0.2, 0.25) is 0 Å². The lowest BCUT2D eigenvalue weighted by Crippen LogP contribution is -2.32. The highest BCUT2D eigenvalue weighted by atomic mass is 14.7. The first-order valence-electron chi connectivity index (χ1n) is 5.40. The van der Waals surface area contributed by atoms with Crippen LogP contribution in [-0.2, 0) is 6.42 Å². The number of aromatic amines is 1. The van der Waals surface area contributed by atoms with Gasteiger partial charge in [0.2, 0.25) is 0 Å².